The second-order valence-corrected chi connectivity index (χ2v) is 6.30. The summed E-state index contributed by atoms with van der Waals surface area (Å²) in [7, 11) is 0. The third kappa shape index (κ3) is 3.99. The summed E-state index contributed by atoms with van der Waals surface area (Å²) in [6, 6.07) is 3.84. The molecule has 1 N–H and O–H groups in total. The molecule has 2 aromatic rings. The van der Waals surface area contributed by atoms with E-state index in [2.05, 4.69) is 31.8 Å². The van der Waals surface area contributed by atoms with Gasteiger partial charge in [-0.05, 0) is 39.3 Å². The van der Waals surface area contributed by atoms with Crippen LogP contribution in [0.2, 0.25) is 0 Å². The lowest BCUT2D eigenvalue weighted by Gasteiger charge is -2.15. The van der Waals surface area contributed by atoms with Gasteiger partial charge in [0.1, 0.15) is 11.6 Å². The Kier molecular flexibility index (Phi) is 4.74. The average molecular weight is 338 g/mol. The molecule has 0 aliphatic carbocycles. The van der Waals surface area contributed by atoms with Crippen molar-refractivity contribution in [1.29, 1.82) is 0 Å². The Labute approximate surface area is 147 Å². The number of carbonyl (C=O) groups is 1. The number of nitrogens with zero attached hydrogens (tertiary/aromatic N) is 5. The number of hydrogen-bond donors (Lipinski definition) is 1. The van der Waals surface area contributed by atoms with Crippen LogP contribution in [0.15, 0.2) is 24.8 Å². The SMILES string of the molecule is C=CC(=O)N1CC[C@H](c2cc(Nc3nc(C)cc(C)n3)nc(C)n2)C1. The number of nitrogens with one attached hydrogen (secondary N) is 1. The predicted molar refractivity (Wildman–Crippen MR) is 95.7 cm³/mol. The van der Waals surface area contributed by atoms with E-state index >= 15 is 0 Å². The van der Waals surface area contributed by atoms with E-state index in [-0.39, 0.29) is 11.8 Å². The fourth-order valence-electron chi connectivity index (χ4n) is 3.09. The van der Waals surface area contributed by atoms with Gasteiger partial charge in [-0.2, -0.15) is 0 Å². The van der Waals surface area contributed by atoms with Gasteiger partial charge in [-0.1, -0.05) is 6.58 Å². The highest BCUT2D eigenvalue weighted by Crippen LogP contribution is 2.27. The quantitative estimate of drug-likeness (QED) is 0.862. The van der Waals surface area contributed by atoms with E-state index in [1.165, 1.54) is 6.08 Å². The normalized spacial score (nSPS) is 16.8. The Morgan fingerprint density at radius 1 is 1.20 bits per heavy atom. The smallest absolute Gasteiger partial charge is 0.245 e. The molecule has 7 heteroatoms. The van der Waals surface area contributed by atoms with E-state index in [0.717, 1.165) is 30.0 Å². The number of hydrogen-bond acceptors (Lipinski definition) is 6. The second kappa shape index (κ2) is 6.96. The molecule has 25 heavy (non-hydrogen) atoms. The fraction of sp³-hybridized carbons (Fsp3) is 0.389. The number of aromatic nitrogens is 4. The Bertz CT molecular complexity index is 799. The maximum absolute atomic E-state index is 11.8. The topological polar surface area (TPSA) is 83.9 Å². The monoisotopic (exact) mass is 338 g/mol. The molecular weight excluding hydrogens is 316 g/mol. The lowest BCUT2D eigenvalue weighted by Crippen LogP contribution is -2.26. The van der Waals surface area contributed by atoms with Gasteiger partial charge in [0.2, 0.25) is 11.9 Å². The summed E-state index contributed by atoms with van der Waals surface area (Å²) >= 11 is 0. The van der Waals surface area contributed by atoms with E-state index in [1.54, 1.807) is 4.90 Å². The summed E-state index contributed by atoms with van der Waals surface area (Å²) in [5, 5.41) is 3.17. The molecule has 0 saturated carbocycles. The number of likely N-dealkylation sites (tertiary alicyclic amines) is 1. The van der Waals surface area contributed by atoms with E-state index < -0.39 is 0 Å². The summed E-state index contributed by atoms with van der Waals surface area (Å²) in [5.74, 6) is 2.04. The number of aryl methyl sites for hydroxylation is 3. The van der Waals surface area contributed by atoms with Crippen molar-refractivity contribution in [3.63, 3.8) is 0 Å². The van der Waals surface area contributed by atoms with Gasteiger partial charge in [0, 0.05) is 36.5 Å². The van der Waals surface area contributed by atoms with Crippen molar-refractivity contribution in [3.05, 3.63) is 47.7 Å². The van der Waals surface area contributed by atoms with E-state index in [1.807, 2.05) is 32.9 Å². The first kappa shape index (κ1) is 17.0. The largest absolute Gasteiger partial charge is 0.338 e. The molecule has 0 spiro atoms. The van der Waals surface area contributed by atoms with Crippen molar-refractivity contribution < 1.29 is 4.79 Å². The minimum Gasteiger partial charge on any atom is -0.338 e. The summed E-state index contributed by atoms with van der Waals surface area (Å²) in [4.78, 5) is 31.3. The first-order valence-corrected chi connectivity index (χ1v) is 8.31. The summed E-state index contributed by atoms with van der Waals surface area (Å²) in [6.07, 6.45) is 2.24. The Hall–Kier alpha value is -2.83. The van der Waals surface area contributed by atoms with Gasteiger partial charge in [-0.15, -0.1) is 0 Å². The number of carbonyl (C=O) groups excluding carboxylic acids is 1. The number of amides is 1. The zero-order valence-electron chi connectivity index (χ0n) is 14.8. The lowest BCUT2D eigenvalue weighted by molar-refractivity contribution is -0.125. The summed E-state index contributed by atoms with van der Waals surface area (Å²) < 4.78 is 0. The van der Waals surface area contributed by atoms with Gasteiger partial charge in [-0.3, -0.25) is 4.79 Å². The highest BCUT2D eigenvalue weighted by molar-refractivity contribution is 5.87. The molecule has 0 bridgehead atoms. The molecular formula is C18H22N6O. The zero-order chi connectivity index (χ0) is 18.0. The highest BCUT2D eigenvalue weighted by atomic mass is 16.2. The highest BCUT2D eigenvalue weighted by Gasteiger charge is 2.27. The van der Waals surface area contributed by atoms with Gasteiger partial charge >= 0.3 is 0 Å². The average Bonchev–Trinajstić information content (AvgIpc) is 3.02. The van der Waals surface area contributed by atoms with Crippen molar-refractivity contribution in [3.8, 4) is 0 Å². The van der Waals surface area contributed by atoms with Crippen molar-refractivity contribution in [2.75, 3.05) is 18.4 Å². The molecule has 1 amide bonds. The van der Waals surface area contributed by atoms with Crippen LogP contribution in [0.25, 0.3) is 0 Å². The summed E-state index contributed by atoms with van der Waals surface area (Å²) in [6.45, 7) is 10.7. The fourth-order valence-corrected chi connectivity index (χ4v) is 3.09. The molecule has 2 aromatic heterocycles. The molecule has 1 fully saturated rings. The molecule has 1 saturated heterocycles. The van der Waals surface area contributed by atoms with Gasteiger partial charge in [-0.25, -0.2) is 19.9 Å². The van der Waals surface area contributed by atoms with Crippen molar-refractivity contribution in [1.82, 2.24) is 24.8 Å². The number of rotatable bonds is 4. The van der Waals surface area contributed by atoms with Crippen LogP contribution in [0.5, 0.6) is 0 Å². The first-order chi connectivity index (χ1) is 11.9. The third-order valence-electron chi connectivity index (χ3n) is 4.17. The van der Waals surface area contributed by atoms with Crippen LogP contribution in [0, 0.1) is 20.8 Å². The molecule has 130 valence electrons. The van der Waals surface area contributed by atoms with Crippen LogP contribution in [-0.4, -0.2) is 43.8 Å². The molecule has 0 unspecified atom stereocenters. The standard InChI is InChI=1S/C18H22N6O/c1-5-17(25)24-7-6-14(10-24)15-9-16(22-13(4)21-15)23-18-19-11(2)8-12(3)20-18/h5,8-9,14H,1,6-7,10H2,2-4H3,(H,19,20,21,22,23)/t14-/m0/s1. The molecule has 7 nitrogen and oxygen atoms in total. The zero-order valence-corrected chi connectivity index (χ0v) is 14.8. The Morgan fingerprint density at radius 3 is 2.60 bits per heavy atom. The van der Waals surface area contributed by atoms with Crippen LogP contribution >= 0.6 is 0 Å². The van der Waals surface area contributed by atoms with Crippen molar-refractivity contribution >= 4 is 17.7 Å². The van der Waals surface area contributed by atoms with Crippen LogP contribution in [-0.2, 0) is 4.79 Å². The van der Waals surface area contributed by atoms with Crippen molar-refractivity contribution in [2.45, 2.75) is 33.1 Å². The van der Waals surface area contributed by atoms with Crippen LogP contribution in [0.4, 0.5) is 11.8 Å². The minimum absolute atomic E-state index is 0.0322. The molecule has 3 heterocycles. The minimum atomic E-state index is -0.0322. The van der Waals surface area contributed by atoms with Crippen LogP contribution in [0.1, 0.15) is 35.2 Å². The molecule has 0 aromatic carbocycles. The van der Waals surface area contributed by atoms with E-state index in [4.69, 9.17) is 0 Å². The third-order valence-corrected chi connectivity index (χ3v) is 4.17. The van der Waals surface area contributed by atoms with Gasteiger partial charge < -0.3 is 10.2 Å². The Balaban J connectivity index is 1.81. The molecule has 3 rings (SSSR count). The molecule has 1 atom stereocenters. The maximum Gasteiger partial charge on any atom is 0.245 e. The molecule has 0 radical (unpaired) electrons. The van der Waals surface area contributed by atoms with E-state index in [9.17, 15) is 4.79 Å². The van der Waals surface area contributed by atoms with Gasteiger partial charge in [0.25, 0.3) is 0 Å². The second-order valence-electron chi connectivity index (χ2n) is 6.30. The van der Waals surface area contributed by atoms with Crippen LogP contribution in [0.3, 0.4) is 0 Å². The molecule has 1 aliphatic heterocycles. The first-order valence-electron chi connectivity index (χ1n) is 8.31. The van der Waals surface area contributed by atoms with Gasteiger partial charge in [0.15, 0.2) is 0 Å². The Morgan fingerprint density at radius 2 is 1.92 bits per heavy atom. The van der Waals surface area contributed by atoms with Crippen LogP contribution < -0.4 is 5.32 Å². The van der Waals surface area contributed by atoms with Gasteiger partial charge in [0.05, 0.1) is 5.69 Å². The number of anilines is 2. The predicted octanol–water partition coefficient (Wildman–Crippen LogP) is 2.44. The molecule has 1 aliphatic rings. The van der Waals surface area contributed by atoms with E-state index in [0.29, 0.717) is 24.1 Å². The lowest BCUT2D eigenvalue weighted by atomic mass is 10.0. The maximum atomic E-state index is 11.8. The van der Waals surface area contributed by atoms with Crippen molar-refractivity contribution in [2.24, 2.45) is 0 Å². The summed E-state index contributed by atoms with van der Waals surface area (Å²) in [5.41, 5.74) is 2.73.